The minimum atomic E-state index is 0.0896. The summed E-state index contributed by atoms with van der Waals surface area (Å²) < 4.78 is 2.01. The van der Waals surface area contributed by atoms with Gasteiger partial charge in [-0.05, 0) is 43.4 Å². The van der Waals surface area contributed by atoms with Gasteiger partial charge in [0.25, 0.3) is 0 Å². The third-order valence-corrected chi connectivity index (χ3v) is 3.59. The van der Waals surface area contributed by atoms with Crippen molar-refractivity contribution < 1.29 is 4.79 Å². The third kappa shape index (κ3) is 3.16. The standard InChI is InChI=1S/C16H22N2O/c1-4-14(5-2)17-16(19)11-18-9-8-13-10-12(3)6-7-15(13)18/h6-10,14H,4-5,11H2,1-3H3,(H,17,19). The Hall–Kier alpha value is -1.77. The van der Waals surface area contributed by atoms with Crippen molar-refractivity contribution in [1.82, 2.24) is 9.88 Å². The van der Waals surface area contributed by atoms with Crippen LogP contribution in [-0.4, -0.2) is 16.5 Å². The number of aryl methyl sites for hydroxylation is 1. The molecule has 1 aromatic heterocycles. The summed E-state index contributed by atoms with van der Waals surface area (Å²) in [5.41, 5.74) is 2.36. The predicted molar refractivity (Wildman–Crippen MR) is 79.2 cm³/mol. The van der Waals surface area contributed by atoms with Crippen LogP contribution in [0, 0.1) is 6.92 Å². The van der Waals surface area contributed by atoms with Crippen LogP contribution < -0.4 is 5.32 Å². The Kier molecular flexibility index (Phi) is 4.25. The molecule has 2 rings (SSSR count). The minimum Gasteiger partial charge on any atom is -0.352 e. The van der Waals surface area contributed by atoms with Crippen LogP contribution in [0.1, 0.15) is 32.3 Å². The van der Waals surface area contributed by atoms with Gasteiger partial charge >= 0.3 is 0 Å². The van der Waals surface area contributed by atoms with E-state index in [4.69, 9.17) is 0 Å². The van der Waals surface area contributed by atoms with Crippen LogP contribution in [-0.2, 0) is 11.3 Å². The first-order chi connectivity index (χ1) is 9.13. The zero-order chi connectivity index (χ0) is 13.8. The SMILES string of the molecule is CCC(CC)NC(=O)Cn1ccc2cc(C)ccc21. The zero-order valence-corrected chi connectivity index (χ0v) is 11.9. The Morgan fingerprint density at radius 1 is 1.26 bits per heavy atom. The highest BCUT2D eigenvalue weighted by atomic mass is 16.2. The summed E-state index contributed by atoms with van der Waals surface area (Å²) in [5.74, 6) is 0.0896. The molecule has 0 aliphatic carbocycles. The molecule has 0 aliphatic rings. The molecule has 0 saturated heterocycles. The highest BCUT2D eigenvalue weighted by Gasteiger charge is 2.10. The van der Waals surface area contributed by atoms with Gasteiger partial charge in [0, 0.05) is 17.8 Å². The van der Waals surface area contributed by atoms with E-state index in [1.54, 1.807) is 0 Å². The second-order valence-electron chi connectivity index (χ2n) is 5.09. The molecule has 2 aromatic rings. The highest BCUT2D eigenvalue weighted by molar-refractivity contribution is 5.83. The van der Waals surface area contributed by atoms with Crippen molar-refractivity contribution in [3.05, 3.63) is 36.0 Å². The van der Waals surface area contributed by atoms with Crippen LogP contribution in [0.4, 0.5) is 0 Å². The van der Waals surface area contributed by atoms with E-state index in [9.17, 15) is 4.79 Å². The number of rotatable bonds is 5. The van der Waals surface area contributed by atoms with Gasteiger partial charge in [0.2, 0.25) is 5.91 Å². The number of amides is 1. The molecule has 3 nitrogen and oxygen atoms in total. The number of benzene rings is 1. The summed E-state index contributed by atoms with van der Waals surface area (Å²) in [4.78, 5) is 12.0. The van der Waals surface area contributed by atoms with Gasteiger partial charge in [-0.2, -0.15) is 0 Å². The Morgan fingerprint density at radius 3 is 2.68 bits per heavy atom. The van der Waals surface area contributed by atoms with E-state index in [0.29, 0.717) is 6.54 Å². The normalized spacial score (nSPS) is 11.2. The van der Waals surface area contributed by atoms with Gasteiger partial charge in [0.1, 0.15) is 6.54 Å². The quantitative estimate of drug-likeness (QED) is 0.877. The molecule has 0 spiro atoms. The largest absolute Gasteiger partial charge is 0.352 e. The topological polar surface area (TPSA) is 34.0 Å². The highest BCUT2D eigenvalue weighted by Crippen LogP contribution is 2.17. The monoisotopic (exact) mass is 258 g/mol. The van der Waals surface area contributed by atoms with E-state index >= 15 is 0 Å². The summed E-state index contributed by atoms with van der Waals surface area (Å²) in [7, 11) is 0. The molecule has 0 bridgehead atoms. The maximum absolute atomic E-state index is 12.0. The second-order valence-corrected chi connectivity index (χ2v) is 5.09. The summed E-state index contributed by atoms with van der Waals surface area (Å²) in [5, 5.41) is 4.26. The fraction of sp³-hybridized carbons (Fsp3) is 0.438. The molecule has 19 heavy (non-hydrogen) atoms. The molecule has 1 N–H and O–H groups in total. The number of nitrogens with one attached hydrogen (secondary N) is 1. The molecule has 1 aromatic carbocycles. The second kappa shape index (κ2) is 5.91. The van der Waals surface area contributed by atoms with Crippen LogP contribution in [0.15, 0.2) is 30.5 Å². The molecule has 0 radical (unpaired) electrons. The number of carbonyl (C=O) groups excluding carboxylic acids is 1. The third-order valence-electron chi connectivity index (χ3n) is 3.59. The lowest BCUT2D eigenvalue weighted by Crippen LogP contribution is -2.36. The molecule has 0 fully saturated rings. The molecule has 0 unspecified atom stereocenters. The molecule has 1 amide bonds. The number of fused-ring (bicyclic) bond motifs is 1. The maximum atomic E-state index is 12.0. The molecule has 0 saturated carbocycles. The zero-order valence-electron chi connectivity index (χ0n) is 11.9. The first-order valence-electron chi connectivity index (χ1n) is 6.99. The van der Waals surface area contributed by atoms with E-state index in [0.717, 1.165) is 18.4 Å². The van der Waals surface area contributed by atoms with Gasteiger partial charge in [0.05, 0.1) is 0 Å². The molecule has 0 atom stereocenters. The lowest BCUT2D eigenvalue weighted by Gasteiger charge is -2.15. The van der Waals surface area contributed by atoms with Crippen molar-refractivity contribution in [3.8, 4) is 0 Å². The van der Waals surface area contributed by atoms with Gasteiger partial charge in [-0.1, -0.05) is 25.5 Å². The first kappa shape index (κ1) is 13.7. The lowest BCUT2D eigenvalue weighted by molar-refractivity contribution is -0.122. The van der Waals surface area contributed by atoms with E-state index in [1.807, 2.05) is 10.8 Å². The van der Waals surface area contributed by atoms with E-state index in [-0.39, 0.29) is 11.9 Å². The molecule has 102 valence electrons. The number of hydrogen-bond donors (Lipinski definition) is 1. The van der Waals surface area contributed by atoms with Crippen molar-refractivity contribution >= 4 is 16.8 Å². The van der Waals surface area contributed by atoms with Crippen LogP contribution in [0.3, 0.4) is 0 Å². The van der Waals surface area contributed by atoms with Crippen LogP contribution in [0.2, 0.25) is 0 Å². The van der Waals surface area contributed by atoms with Crippen molar-refractivity contribution in [3.63, 3.8) is 0 Å². The average molecular weight is 258 g/mol. The predicted octanol–water partition coefficient (Wildman–Crippen LogP) is 3.25. The van der Waals surface area contributed by atoms with Crippen LogP contribution in [0.25, 0.3) is 10.9 Å². The maximum Gasteiger partial charge on any atom is 0.240 e. The first-order valence-corrected chi connectivity index (χ1v) is 6.99. The Morgan fingerprint density at radius 2 is 2.00 bits per heavy atom. The average Bonchev–Trinajstić information content (AvgIpc) is 2.78. The summed E-state index contributed by atoms with van der Waals surface area (Å²) >= 11 is 0. The number of carbonyl (C=O) groups is 1. The van der Waals surface area contributed by atoms with Crippen LogP contribution in [0.5, 0.6) is 0 Å². The van der Waals surface area contributed by atoms with Gasteiger partial charge in [-0.15, -0.1) is 0 Å². The van der Waals surface area contributed by atoms with Gasteiger partial charge in [-0.3, -0.25) is 4.79 Å². The van der Waals surface area contributed by atoms with E-state index in [1.165, 1.54) is 10.9 Å². The van der Waals surface area contributed by atoms with Crippen LogP contribution >= 0.6 is 0 Å². The van der Waals surface area contributed by atoms with Gasteiger partial charge < -0.3 is 9.88 Å². The number of nitrogens with zero attached hydrogens (tertiary/aromatic N) is 1. The lowest BCUT2D eigenvalue weighted by atomic mass is 10.2. The summed E-state index contributed by atoms with van der Waals surface area (Å²) in [6, 6.07) is 8.65. The van der Waals surface area contributed by atoms with Crippen molar-refractivity contribution in [1.29, 1.82) is 0 Å². The van der Waals surface area contributed by atoms with E-state index < -0.39 is 0 Å². The molecule has 1 heterocycles. The summed E-state index contributed by atoms with van der Waals surface area (Å²) in [6.45, 7) is 6.67. The van der Waals surface area contributed by atoms with E-state index in [2.05, 4.69) is 50.4 Å². The van der Waals surface area contributed by atoms with Crippen molar-refractivity contribution in [2.45, 2.75) is 46.2 Å². The fourth-order valence-electron chi connectivity index (χ4n) is 2.38. The molecule has 0 aliphatic heterocycles. The molecule has 3 heteroatoms. The Labute approximate surface area is 114 Å². The summed E-state index contributed by atoms with van der Waals surface area (Å²) in [6.07, 6.45) is 3.94. The van der Waals surface area contributed by atoms with Gasteiger partial charge in [-0.25, -0.2) is 0 Å². The number of aromatic nitrogens is 1. The van der Waals surface area contributed by atoms with Crippen molar-refractivity contribution in [2.75, 3.05) is 0 Å². The fourth-order valence-corrected chi connectivity index (χ4v) is 2.38. The van der Waals surface area contributed by atoms with Crippen molar-refractivity contribution in [2.24, 2.45) is 0 Å². The van der Waals surface area contributed by atoms with Gasteiger partial charge in [0.15, 0.2) is 0 Å². The molecular weight excluding hydrogens is 236 g/mol. The molecular formula is C16H22N2O. The minimum absolute atomic E-state index is 0.0896. The Bertz CT molecular complexity index is 567. The number of hydrogen-bond acceptors (Lipinski definition) is 1. The smallest absolute Gasteiger partial charge is 0.240 e. The Balaban J connectivity index is 2.11.